The number of hydrogen-bond donors (Lipinski definition) is 1. The van der Waals surface area contributed by atoms with E-state index in [1.165, 1.54) is 33.4 Å². The first-order valence-electron chi connectivity index (χ1n) is 6.54. The second kappa shape index (κ2) is 7.55. The lowest BCUT2D eigenvalue weighted by atomic mass is 9.91. The van der Waals surface area contributed by atoms with Crippen molar-refractivity contribution in [2.45, 2.75) is 39.3 Å². The Morgan fingerprint density at radius 3 is 1.67 bits per heavy atom. The van der Waals surface area contributed by atoms with E-state index in [0.29, 0.717) is 0 Å². The van der Waals surface area contributed by atoms with E-state index in [4.69, 9.17) is 12.6 Å². The Bertz CT molecular complexity index is 575. The summed E-state index contributed by atoms with van der Waals surface area (Å²) in [5.74, 6) is 0. The van der Waals surface area contributed by atoms with Crippen molar-refractivity contribution in [3.63, 3.8) is 0 Å². The predicted octanol–water partition coefficient (Wildman–Crippen LogP) is 6.05. The van der Waals surface area contributed by atoms with Gasteiger partial charge in [-0.3, -0.25) is 0 Å². The topological polar surface area (TPSA) is 0 Å². The molecule has 0 nitrogen and oxygen atoms in total. The molecule has 0 heterocycles. The van der Waals surface area contributed by atoms with Gasteiger partial charge in [0.15, 0.2) is 0 Å². The molecule has 0 unspecified atom stereocenters. The van der Waals surface area contributed by atoms with Crippen LogP contribution in [-0.4, -0.2) is 6.68 Å². The maximum atomic E-state index is 9.67. The fraction of sp³-hybridized carbons (Fsp3) is 0.294. The number of alkyl halides is 3. The van der Waals surface area contributed by atoms with Crippen LogP contribution in [0.5, 0.6) is 0 Å². The van der Waals surface area contributed by atoms with Crippen LogP contribution < -0.4 is 0 Å². The molecule has 0 N–H and O–H groups in total. The smallest absolute Gasteiger partial charge is 0.174 e. The highest BCUT2D eigenvalue weighted by Crippen LogP contribution is 2.36. The minimum atomic E-state index is -3.67. The summed E-state index contributed by atoms with van der Waals surface area (Å²) in [6.07, 6.45) is 0. The summed E-state index contributed by atoms with van der Waals surface area (Å²) in [5, 5.41) is 0. The minimum absolute atomic E-state index is 1.11. The normalized spacial score (nSPS) is 10.3. The Morgan fingerprint density at radius 2 is 1.19 bits per heavy atom. The van der Waals surface area contributed by atoms with Gasteiger partial charge in [0.2, 0.25) is 0 Å². The molecule has 0 amide bonds. The summed E-state index contributed by atoms with van der Waals surface area (Å²) >= 11 is 4.71. The van der Waals surface area contributed by atoms with Crippen LogP contribution in [0.4, 0.5) is 13.2 Å². The SMILES string of the molecule is Cc1c(C)c(C)c(-c2ccccc2)c(S)c1C.FC(F)F. The molecule has 21 heavy (non-hydrogen) atoms. The van der Waals surface area contributed by atoms with Crippen LogP contribution in [0.1, 0.15) is 22.3 Å². The number of thiol groups is 1. The van der Waals surface area contributed by atoms with Crippen molar-refractivity contribution < 1.29 is 13.2 Å². The van der Waals surface area contributed by atoms with E-state index in [2.05, 4.69) is 52.0 Å². The largest absolute Gasteiger partial charge is 0.379 e. The van der Waals surface area contributed by atoms with E-state index < -0.39 is 6.68 Å². The molecule has 0 aliphatic carbocycles. The molecule has 0 atom stereocenters. The number of benzene rings is 2. The molecule has 2 rings (SSSR count). The van der Waals surface area contributed by atoms with Crippen LogP contribution in [0.2, 0.25) is 0 Å². The first kappa shape index (κ1) is 17.6. The lowest BCUT2D eigenvalue weighted by Crippen LogP contribution is -1.97. The molecule has 0 radical (unpaired) electrons. The first-order chi connectivity index (χ1) is 9.77. The van der Waals surface area contributed by atoms with Gasteiger partial charge in [-0.2, -0.15) is 13.2 Å². The zero-order valence-electron chi connectivity index (χ0n) is 12.5. The van der Waals surface area contributed by atoms with E-state index in [-0.39, 0.29) is 0 Å². The summed E-state index contributed by atoms with van der Waals surface area (Å²) < 4.78 is 29.0. The number of hydrogen-bond acceptors (Lipinski definition) is 1. The van der Waals surface area contributed by atoms with E-state index in [1.807, 2.05) is 6.07 Å². The summed E-state index contributed by atoms with van der Waals surface area (Å²) in [5.41, 5.74) is 7.88. The Balaban J connectivity index is 0.000000491. The second-order valence-corrected chi connectivity index (χ2v) is 5.28. The molecule has 2 aromatic carbocycles. The molecule has 0 aromatic heterocycles. The lowest BCUT2D eigenvalue weighted by molar-refractivity contribution is 0.00819. The van der Waals surface area contributed by atoms with Gasteiger partial charge in [0.1, 0.15) is 0 Å². The zero-order valence-corrected chi connectivity index (χ0v) is 13.4. The van der Waals surface area contributed by atoms with Crippen LogP contribution in [-0.2, 0) is 0 Å². The highest BCUT2D eigenvalue weighted by molar-refractivity contribution is 7.80. The molecule has 4 heteroatoms. The molecular weight excluding hydrogens is 293 g/mol. The Hall–Kier alpha value is -1.42. The Labute approximate surface area is 129 Å². The molecule has 0 fully saturated rings. The maximum absolute atomic E-state index is 9.67. The molecular formula is C17H19F3S. The van der Waals surface area contributed by atoms with Crippen molar-refractivity contribution in [2.75, 3.05) is 0 Å². The standard InChI is InChI=1S/C16H18S.CHF3/c1-10-11(2)13(4)16(17)15(12(10)3)14-8-6-5-7-9-14;2-1(3)4/h5-9,17H,1-4H3;1H. The Morgan fingerprint density at radius 1 is 0.762 bits per heavy atom. The minimum Gasteiger partial charge on any atom is -0.174 e. The number of halogens is 3. The van der Waals surface area contributed by atoms with Gasteiger partial charge in [0.05, 0.1) is 0 Å². The molecule has 0 spiro atoms. The van der Waals surface area contributed by atoms with Gasteiger partial charge in [-0.1, -0.05) is 30.3 Å². The molecule has 2 aromatic rings. The molecule has 0 saturated heterocycles. The van der Waals surface area contributed by atoms with Gasteiger partial charge in [0, 0.05) is 4.90 Å². The quantitative estimate of drug-likeness (QED) is 0.608. The average molecular weight is 312 g/mol. The van der Waals surface area contributed by atoms with Crippen molar-refractivity contribution in [3.05, 3.63) is 52.6 Å². The van der Waals surface area contributed by atoms with Gasteiger partial charge < -0.3 is 0 Å². The summed E-state index contributed by atoms with van der Waals surface area (Å²) in [6, 6.07) is 10.5. The Kier molecular flexibility index (Phi) is 6.34. The van der Waals surface area contributed by atoms with Crippen molar-refractivity contribution in [1.82, 2.24) is 0 Å². The summed E-state index contributed by atoms with van der Waals surface area (Å²) in [4.78, 5) is 1.11. The van der Waals surface area contributed by atoms with Crippen LogP contribution in [0, 0.1) is 27.7 Å². The third-order valence-electron chi connectivity index (χ3n) is 3.72. The highest BCUT2D eigenvalue weighted by atomic mass is 32.1. The summed E-state index contributed by atoms with van der Waals surface area (Å²) in [7, 11) is 0. The van der Waals surface area contributed by atoms with Crippen molar-refractivity contribution >= 4 is 12.6 Å². The first-order valence-corrected chi connectivity index (χ1v) is 6.99. The molecule has 0 bridgehead atoms. The zero-order chi connectivity index (χ0) is 16.2. The second-order valence-electron chi connectivity index (χ2n) is 4.84. The molecule has 0 aliphatic rings. The van der Waals surface area contributed by atoms with Gasteiger partial charge in [-0.05, 0) is 61.1 Å². The van der Waals surface area contributed by atoms with Crippen LogP contribution in [0.25, 0.3) is 11.1 Å². The predicted molar refractivity (Wildman–Crippen MR) is 85.2 cm³/mol. The number of rotatable bonds is 1. The monoisotopic (exact) mass is 312 g/mol. The van der Waals surface area contributed by atoms with E-state index in [9.17, 15) is 13.2 Å². The van der Waals surface area contributed by atoms with Crippen molar-refractivity contribution in [3.8, 4) is 11.1 Å². The lowest BCUT2D eigenvalue weighted by Gasteiger charge is -2.18. The molecule has 0 aliphatic heterocycles. The van der Waals surface area contributed by atoms with E-state index in [1.54, 1.807) is 0 Å². The van der Waals surface area contributed by atoms with Gasteiger partial charge in [-0.15, -0.1) is 12.6 Å². The van der Waals surface area contributed by atoms with E-state index in [0.717, 1.165) is 4.90 Å². The van der Waals surface area contributed by atoms with Crippen molar-refractivity contribution in [1.29, 1.82) is 0 Å². The molecule has 114 valence electrons. The summed E-state index contributed by atoms with van der Waals surface area (Å²) in [6.45, 7) is 5.03. The van der Waals surface area contributed by atoms with Crippen molar-refractivity contribution in [2.24, 2.45) is 0 Å². The van der Waals surface area contributed by atoms with Crippen LogP contribution in [0.3, 0.4) is 0 Å². The third-order valence-corrected chi connectivity index (χ3v) is 4.28. The third kappa shape index (κ3) is 4.27. The van der Waals surface area contributed by atoms with Gasteiger partial charge in [-0.25, -0.2) is 0 Å². The maximum Gasteiger partial charge on any atom is 0.379 e. The fourth-order valence-electron chi connectivity index (χ4n) is 2.25. The highest BCUT2D eigenvalue weighted by Gasteiger charge is 2.13. The van der Waals surface area contributed by atoms with Gasteiger partial charge >= 0.3 is 6.68 Å². The van der Waals surface area contributed by atoms with E-state index >= 15 is 0 Å². The molecule has 0 saturated carbocycles. The average Bonchev–Trinajstić information content (AvgIpc) is 2.44. The van der Waals surface area contributed by atoms with Crippen LogP contribution in [0.15, 0.2) is 35.2 Å². The van der Waals surface area contributed by atoms with Crippen LogP contribution >= 0.6 is 12.6 Å². The van der Waals surface area contributed by atoms with Gasteiger partial charge in [0.25, 0.3) is 0 Å². The fourth-order valence-corrected chi connectivity index (χ4v) is 2.72.